The zero-order valence-electron chi connectivity index (χ0n) is 27.8. The van der Waals surface area contributed by atoms with Gasteiger partial charge in [-0.15, -0.1) is 0 Å². The average Bonchev–Trinajstić information content (AvgIpc) is 3.12. The Morgan fingerprint density at radius 3 is 1.71 bits per heavy atom. The number of pyridine rings is 4. The highest BCUT2D eigenvalue weighted by molar-refractivity contribution is 8.45. The third-order valence-electron chi connectivity index (χ3n) is 7.36. The molecule has 0 bridgehead atoms. The molecule has 7 nitrogen and oxygen atoms in total. The van der Waals surface area contributed by atoms with Gasteiger partial charge in [-0.25, -0.2) is 18.7 Å². The van der Waals surface area contributed by atoms with Gasteiger partial charge < -0.3 is 14.0 Å². The van der Waals surface area contributed by atoms with Crippen LogP contribution in [0.2, 0.25) is 0 Å². The molecule has 0 aliphatic heterocycles. The van der Waals surface area contributed by atoms with E-state index in [0.29, 0.717) is 17.7 Å². The van der Waals surface area contributed by atoms with Crippen molar-refractivity contribution >= 4 is 16.3 Å². The lowest BCUT2D eigenvalue weighted by Gasteiger charge is -2.40. The highest BCUT2D eigenvalue weighted by Gasteiger charge is 2.65. The minimum atomic E-state index is -9.81. The number of rotatable bonds is 10. The SMILES string of the molecule is C=Cc1ccc(-c2cccnc2Oc2ccc(C(F)(F)F)cc2)cn1.O=c1ccc(-c2cccnc2Oc2ccc(S(F)(F)(F)(F)F)cc2)cn1CC(F)F. The first kappa shape index (κ1) is 40.0. The number of hydrogen-bond donors (Lipinski definition) is 0. The smallest absolute Gasteiger partial charge is 0.416 e. The lowest BCUT2D eigenvalue weighted by atomic mass is 10.1. The molecule has 288 valence electrons. The van der Waals surface area contributed by atoms with Crippen LogP contribution in [0.25, 0.3) is 28.3 Å². The van der Waals surface area contributed by atoms with Gasteiger partial charge in [0.2, 0.25) is 11.8 Å². The summed E-state index contributed by atoms with van der Waals surface area (Å²) >= 11 is 0. The maximum atomic E-state index is 12.8. The lowest BCUT2D eigenvalue weighted by molar-refractivity contribution is -0.137. The second-order valence-electron chi connectivity index (χ2n) is 11.4. The number of alkyl halides is 5. The Kier molecular flexibility index (Phi) is 10.9. The maximum absolute atomic E-state index is 12.8. The molecule has 18 heteroatoms. The number of aromatic nitrogens is 4. The van der Waals surface area contributed by atoms with Crippen LogP contribution in [0.1, 0.15) is 11.3 Å². The highest BCUT2D eigenvalue weighted by atomic mass is 32.5. The molecule has 0 radical (unpaired) electrons. The molecule has 6 rings (SSSR count). The van der Waals surface area contributed by atoms with Gasteiger partial charge in [0.1, 0.15) is 16.4 Å². The van der Waals surface area contributed by atoms with Gasteiger partial charge in [0.05, 0.1) is 17.8 Å². The van der Waals surface area contributed by atoms with E-state index >= 15 is 0 Å². The molecule has 0 unspecified atom stereocenters. The van der Waals surface area contributed by atoms with Crippen molar-refractivity contribution in [2.75, 3.05) is 0 Å². The van der Waals surface area contributed by atoms with Gasteiger partial charge in [0.25, 0.3) is 12.0 Å². The Balaban J connectivity index is 0.000000214. The van der Waals surface area contributed by atoms with Gasteiger partial charge in [0, 0.05) is 53.1 Å². The van der Waals surface area contributed by atoms with E-state index in [4.69, 9.17) is 9.47 Å². The minimum Gasteiger partial charge on any atom is -0.438 e. The summed E-state index contributed by atoms with van der Waals surface area (Å²) in [5.74, 6) is 0.223. The predicted octanol–water partition coefficient (Wildman–Crippen LogP) is 12.2. The summed E-state index contributed by atoms with van der Waals surface area (Å²) in [4.78, 5) is 22.0. The molecule has 0 fully saturated rings. The van der Waals surface area contributed by atoms with Gasteiger partial charge >= 0.3 is 16.4 Å². The summed E-state index contributed by atoms with van der Waals surface area (Å²) in [6, 6.07) is 18.9. The van der Waals surface area contributed by atoms with Crippen molar-refractivity contribution in [3.8, 4) is 45.5 Å². The van der Waals surface area contributed by atoms with Crippen LogP contribution in [0, 0.1) is 0 Å². The largest absolute Gasteiger partial charge is 0.438 e. The van der Waals surface area contributed by atoms with Crippen molar-refractivity contribution in [2.24, 2.45) is 0 Å². The fraction of sp³-hybridized carbons (Fsp3) is 0.0811. The van der Waals surface area contributed by atoms with Crippen LogP contribution >= 0.6 is 10.2 Å². The van der Waals surface area contributed by atoms with E-state index in [1.54, 1.807) is 36.7 Å². The summed E-state index contributed by atoms with van der Waals surface area (Å²) in [6.07, 6.45) is 0.157. The van der Waals surface area contributed by atoms with E-state index in [1.807, 2.05) is 6.07 Å². The molecular weight excluding hydrogens is 770 g/mol. The number of hydrogen-bond acceptors (Lipinski definition) is 6. The first-order valence-electron chi connectivity index (χ1n) is 15.6. The van der Waals surface area contributed by atoms with Gasteiger partial charge in [-0.2, -0.15) is 13.2 Å². The van der Waals surface area contributed by atoms with Gasteiger partial charge in [-0.1, -0.05) is 32.1 Å². The van der Waals surface area contributed by atoms with Crippen LogP contribution in [0.5, 0.6) is 23.3 Å². The molecule has 0 N–H and O–H groups in total. The molecule has 6 aromatic rings. The zero-order chi connectivity index (χ0) is 40.1. The molecule has 55 heavy (non-hydrogen) atoms. The molecule has 0 saturated carbocycles. The van der Waals surface area contributed by atoms with E-state index in [2.05, 4.69) is 21.5 Å². The third kappa shape index (κ3) is 10.7. The summed E-state index contributed by atoms with van der Waals surface area (Å²) in [5.41, 5.74) is 1.34. The van der Waals surface area contributed by atoms with Crippen LogP contribution in [0.3, 0.4) is 0 Å². The topological polar surface area (TPSA) is 79.1 Å². The van der Waals surface area contributed by atoms with Crippen molar-refractivity contribution in [3.63, 3.8) is 0 Å². The Labute approximate surface area is 305 Å². The monoisotopic (exact) mass is 796 g/mol. The van der Waals surface area contributed by atoms with Gasteiger partial charge in [-0.3, -0.25) is 9.78 Å². The highest BCUT2D eigenvalue weighted by Crippen LogP contribution is 3.02. The molecule has 0 aliphatic carbocycles. The fourth-order valence-corrected chi connectivity index (χ4v) is 5.40. The van der Waals surface area contributed by atoms with Crippen molar-refractivity contribution in [1.82, 2.24) is 19.5 Å². The molecule has 0 atom stereocenters. The molecule has 0 amide bonds. The minimum absolute atomic E-state index is 0.125. The summed E-state index contributed by atoms with van der Waals surface area (Å²) < 4.78 is 139. The van der Waals surface area contributed by atoms with E-state index in [9.17, 15) is 46.2 Å². The van der Waals surface area contributed by atoms with Crippen LogP contribution < -0.4 is 15.0 Å². The fourth-order valence-electron chi connectivity index (χ4n) is 4.75. The quantitative estimate of drug-likeness (QED) is 0.128. The third-order valence-corrected chi connectivity index (χ3v) is 8.52. The molecule has 0 saturated heterocycles. The molecule has 0 spiro atoms. The Hall–Kier alpha value is -6.17. The summed E-state index contributed by atoms with van der Waals surface area (Å²) in [7, 11) is -9.81. The van der Waals surface area contributed by atoms with Gasteiger partial charge in [0.15, 0.2) is 0 Å². The van der Waals surface area contributed by atoms with Crippen molar-refractivity contribution in [2.45, 2.75) is 24.0 Å². The number of nitrogens with zero attached hydrogens (tertiary/aromatic N) is 4. The summed E-state index contributed by atoms with van der Waals surface area (Å²) in [5, 5.41) is 0. The molecule has 0 aliphatic rings. The maximum Gasteiger partial charge on any atom is 0.416 e. The number of benzene rings is 2. The first-order valence-corrected chi connectivity index (χ1v) is 17.5. The first-order chi connectivity index (χ1) is 25.7. The Morgan fingerprint density at radius 2 is 1.24 bits per heavy atom. The predicted molar refractivity (Wildman–Crippen MR) is 187 cm³/mol. The van der Waals surface area contributed by atoms with Crippen LogP contribution in [0.4, 0.5) is 41.4 Å². The molecule has 4 aromatic heterocycles. The standard InChI is InChI=1S/C19H13F3N2O.C18H13F7N2O2S/c1-2-15-8-5-13(12-24-15)17-4-3-11-23-18(17)25-16-9-6-14(7-10-16)19(20,21)22;19-16(20)11-27-10-12(3-8-17(27)28)15-2-1-9-26-18(15)29-13-4-6-14(7-5-13)30(21,22,23,24)25/h2-12H,1H2;1-10,16H,11H2. The van der Waals surface area contributed by atoms with Crippen LogP contribution in [0.15, 0.2) is 138 Å². The molecule has 4 heterocycles. The number of ether oxygens (including phenoxy) is 2. The van der Waals surface area contributed by atoms with E-state index in [0.717, 1.165) is 40.2 Å². The average molecular weight is 797 g/mol. The van der Waals surface area contributed by atoms with Crippen molar-refractivity contribution in [1.29, 1.82) is 0 Å². The van der Waals surface area contributed by atoms with Crippen molar-refractivity contribution < 1.29 is 50.9 Å². The Bertz CT molecular complexity index is 2340. The molecular formula is C37H26F10N4O3S. The molecule has 2 aromatic carbocycles. The van der Waals surface area contributed by atoms with Crippen molar-refractivity contribution in [3.05, 3.63) is 150 Å². The second kappa shape index (κ2) is 14.9. The lowest BCUT2D eigenvalue weighted by Crippen LogP contribution is -2.22. The second-order valence-corrected chi connectivity index (χ2v) is 13.8. The van der Waals surface area contributed by atoms with Crippen LogP contribution in [-0.2, 0) is 12.7 Å². The van der Waals surface area contributed by atoms with E-state index in [1.165, 1.54) is 36.5 Å². The van der Waals surface area contributed by atoms with E-state index < -0.39 is 45.4 Å². The Morgan fingerprint density at radius 1 is 0.709 bits per heavy atom. The zero-order valence-corrected chi connectivity index (χ0v) is 28.6. The van der Waals surface area contributed by atoms with E-state index in [-0.39, 0.29) is 46.5 Å². The normalized spacial score (nSPS) is 12.9. The van der Waals surface area contributed by atoms with Crippen LogP contribution in [-0.4, -0.2) is 25.9 Å². The summed E-state index contributed by atoms with van der Waals surface area (Å²) in [6.45, 7) is 2.82. The number of halogens is 10. The van der Waals surface area contributed by atoms with Gasteiger partial charge in [-0.05, 0) is 91.0 Å².